The Labute approximate surface area is 147 Å². The van der Waals surface area contributed by atoms with E-state index >= 15 is 0 Å². The standard InChI is InChI=1S/C18H17F3N2O3/c1-26-17(24)15(13-3-2-4-14(10-13)18(19,20)21)9-11-5-7-12(8-6-11)16(22)23-25/h2-8,10,15,25H,9H2,1H3,(H2,22,23). The van der Waals surface area contributed by atoms with Crippen LogP contribution in [0.1, 0.15) is 28.2 Å². The third-order valence-electron chi connectivity index (χ3n) is 3.90. The van der Waals surface area contributed by atoms with Gasteiger partial charge in [0.1, 0.15) is 5.84 Å². The maximum absolute atomic E-state index is 12.9. The van der Waals surface area contributed by atoms with Crippen molar-refractivity contribution in [2.75, 3.05) is 7.11 Å². The third kappa shape index (κ3) is 4.60. The highest BCUT2D eigenvalue weighted by molar-refractivity contribution is 5.95. The van der Waals surface area contributed by atoms with Crippen LogP contribution in [-0.4, -0.2) is 24.1 Å². The molecular formula is C18H17F3N2O3. The zero-order valence-electron chi connectivity index (χ0n) is 13.8. The number of nitrogens with one attached hydrogen (secondary N) is 2. The first-order valence-corrected chi connectivity index (χ1v) is 7.59. The van der Waals surface area contributed by atoms with Crippen LogP contribution in [0.25, 0.3) is 0 Å². The molecule has 0 aromatic heterocycles. The van der Waals surface area contributed by atoms with Crippen molar-refractivity contribution in [3.05, 3.63) is 70.8 Å². The van der Waals surface area contributed by atoms with Crippen LogP contribution in [0.2, 0.25) is 0 Å². The van der Waals surface area contributed by atoms with Gasteiger partial charge in [-0.2, -0.15) is 13.2 Å². The first-order chi connectivity index (χ1) is 12.3. The van der Waals surface area contributed by atoms with Crippen molar-refractivity contribution in [2.24, 2.45) is 0 Å². The fourth-order valence-electron chi connectivity index (χ4n) is 2.52. The lowest BCUT2D eigenvalue weighted by Crippen LogP contribution is -2.19. The Morgan fingerprint density at radius 3 is 2.42 bits per heavy atom. The van der Waals surface area contributed by atoms with E-state index in [0.717, 1.165) is 12.1 Å². The van der Waals surface area contributed by atoms with Crippen LogP contribution in [0.5, 0.6) is 0 Å². The fraction of sp³-hybridized carbons (Fsp3) is 0.222. The molecule has 26 heavy (non-hydrogen) atoms. The molecule has 0 saturated heterocycles. The van der Waals surface area contributed by atoms with E-state index in [2.05, 4.69) is 0 Å². The van der Waals surface area contributed by atoms with Crippen LogP contribution < -0.4 is 5.48 Å². The first kappa shape index (κ1) is 19.5. The molecule has 0 bridgehead atoms. The molecule has 1 atom stereocenters. The summed E-state index contributed by atoms with van der Waals surface area (Å²) in [5, 5.41) is 16.2. The average molecular weight is 366 g/mol. The molecule has 0 fully saturated rings. The van der Waals surface area contributed by atoms with Crippen molar-refractivity contribution in [1.82, 2.24) is 5.48 Å². The Morgan fingerprint density at radius 1 is 1.23 bits per heavy atom. The molecule has 0 spiro atoms. The van der Waals surface area contributed by atoms with Crippen molar-refractivity contribution in [1.29, 1.82) is 5.41 Å². The number of rotatable bonds is 5. The number of hydroxylamine groups is 1. The average Bonchev–Trinajstić information content (AvgIpc) is 2.64. The molecule has 2 aromatic rings. The highest BCUT2D eigenvalue weighted by Gasteiger charge is 2.32. The van der Waals surface area contributed by atoms with Crippen LogP contribution in [0.15, 0.2) is 48.5 Å². The summed E-state index contributed by atoms with van der Waals surface area (Å²) in [5.74, 6) is -1.74. The fourth-order valence-corrected chi connectivity index (χ4v) is 2.52. The topological polar surface area (TPSA) is 82.4 Å². The van der Waals surface area contributed by atoms with Gasteiger partial charge in [-0.1, -0.05) is 42.5 Å². The van der Waals surface area contributed by atoms with E-state index in [1.54, 1.807) is 29.7 Å². The summed E-state index contributed by atoms with van der Waals surface area (Å²) in [6.45, 7) is 0. The van der Waals surface area contributed by atoms with Gasteiger partial charge in [-0.3, -0.25) is 20.9 Å². The SMILES string of the molecule is COC(=O)C(Cc1ccc(C(=N)NO)cc1)c1cccc(C(F)(F)F)c1. The summed E-state index contributed by atoms with van der Waals surface area (Å²) < 4.78 is 43.5. The summed E-state index contributed by atoms with van der Waals surface area (Å²) in [5.41, 5.74) is 2.19. The number of methoxy groups -OCH3 is 1. The van der Waals surface area contributed by atoms with Crippen molar-refractivity contribution in [3.8, 4) is 0 Å². The number of carbonyl (C=O) groups excluding carboxylic acids is 1. The summed E-state index contributed by atoms with van der Waals surface area (Å²) in [4.78, 5) is 12.1. The van der Waals surface area contributed by atoms with Gasteiger partial charge in [-0.05, 0) is 23.6 Å². The van der Waals surface area contributed by atoms with Gasteiger partial charge in [-0.15, -0.1) is 0 Å². The predicted molar refractivity (Wildman–Crippen MR) is 88.1 cm³/mol. The molecule has 1 unspecified atom stereocenters. The largest absolute Gasteiger partial charge is 0.469 e. The molecule has 0 aliphatic carbocycles. The van der Waals surface area contributed by atoms with Crippen LogP contribution in [0.3, 0.4) is 0 Å². The van der Waals surface area contributed by atoms with Crippen molar-refractivity contribution in [3.63, 3.8) is 0 Å². The quantitative estimate of drug-likeness (QED) is 0.327. The minimum atomic E-state index is -4.50. The number of esters is 1. The van der Waals surface area contributed by atoms with E-state index in [4.69, 9.17) is 15.4 Å². The molecule has 2 aromatic carbocycles. The van der Waals surface area contributed by atoms with Gasteiger partial charge in [0.25, 0.3) is 0 Å². The highest BCUT2D eigenvalue weighted by atomic mass is 19.4. The van der Waals surface area contributed by atoms with Crippen molar-refractivity contribution >= 4 is 11.8 Å². The van der Waals surface area contributed by atoms with E-state index in [1.165, 1.54) is 19.2 Å². The molecule has 2 rings (SSSR count). The first-order valence-electron chi connectivity index (χ1n) is 7.59. The minimum Gasteiger partial charge on any atom is -0.469 e. The normalized spacial score (nSPS) is 12.3. The second-order valence-electron chi connectivity index (χ2n) is 5.59. The summed E-state index contributed by atoms with van der Waals surface area (Å²) in [6.07, 6.45) is -4.37. The molecule has 5 nitrogen and oxygen atoms in total. The number of hydrogen-bond acceptors (Lipinski definition) is 4. The zero-order chi connectivity index (χ0) is 19.3. The maximum atomic E-state index is 12.9. The van der Waals surface area contributed by atoms with E-state index in [0.29, 0.717) is 11.1 Å². The second-order valence-corrected chi connectivity index (χ2v) is 5.59. The number of halogens is 3. The summed E-state index contributed by atoms with van der Waals surface area (Å²) in [7, 11) is 1.18. The Balaban J connectivity index is 2.31. The van der Waals surface area contributed by atoms with Crippen LogP contribution in [0.4, 0.5) is 13.2 Å². The lowest BCUT2D eigenvalue weighted by atomic mass is 9.90. The van der Waals surface area contributed by atoms with Crippen molar-refractivity contribution in [2.45, 2.75) is 18.5 Å². The van der Waals surface area contributed by atoms with E-state index in [9.17, 15) is 18.0 Å². The molecule has 0 saturated carbocycles. The van der Waals surface area contributed by atoms with Crippen LogP contribution in [-0.2, 0) is 22.1 Å². The monoisotopic (exact) mass is 366 g/mol. The summed E-state index contributed by atoms with van der Waals surface area (Å²) in [6, 6.07) is 11.0. The Bertz CT molecular complexity index is 789. The molecule has 138 valence electrons. The lowest BCUT2D eigenvalue weighted by Gasteiger charge is -2.17. The summed E-state index contributed by atoms with van der Waals surface area (Å²) >= 11 is 0. The number of alkyl halides is 3. The number of hydrogen-bond donors (Lipinski definition) is 3. The lowest BCUT2D eigenvalue weighted by molar-refractivity contribution is -0.143. The van der Waals surface area contributed by atoms with Gasteiger partial charge >= 0.3 is 12.1 Å². The van der Waals surface area contributed by atoms with Gasteiger partial charge in [0.2, 0.25) is 0 Å². The van der Waals surface area contributed by atoms with E-state index < -0.39 is 23.6 Å². The smallest absolute Gasteiger partial charge is 0.416 e. The molecule has 0 amide bonds. The van der Waals surface area contributed by atoms with Gasteiger partial charge in [0, 0.05) is 5.56 Å². The Kier molecular flexibility index (Phi) is 5.99. The maximum Gasteiger partial charge on any atom is 0.416 e. The molecule has 0 aliphatic heterocycles. The van der Waals surface area contributed by atoms with Crippen LogP contribution in [0, 0.1) is 5.41 Å². The number of ether oxygens (including phenoxy) is 1. The van der Waals surface area contributed by atoms with E-state index in [-0.39, 0.29) is 17.8 Å². The number of carbonyl (C=O) groups is 1. The van der Waals surface area contributed by atoms with Crippen LogP contribution >= 0.6 is 0 Å². The van der Waals surface area contributed by atoms with Crippen molar-refractivity contribution < 1.29 is 27.9 Å². The third-order valence-corrected chi connectivity index (χ3v) is 3.90. The molecular weight excluding hydrogens is 349 g/mol. The number of benzene rings is 2. The predicted octanol–water partition coefficient (Wildman–Crippen LogP) is 3.51. The van der Waals surface area contributed by atoms with E-state index in [1.807, 2.05) is 0 Å². The number of amidine groups is 1. The highest BCUT2D eigenvalue weighted by Crippen LogP contribution is 2.32. The molecule has 0 radical (unpaired) electrons. The minimum absolute atomic E-state index is 0.133. The zero-order valence-corrected chi connectivity index (χ0v) is 13.8. The van der Waals surface area contributed by atoms with Gasteiger partial charge in [0.05, 0.1) is 18.6 Å². The molecule has 3 N–H and O–H groups in total. The Morgan fingerprint density at radius 2 is 1.88 bits per heavy atom. The molecule has 0 aliphatic rings. The Hall–Kier alpha value is -2.87. The second kappa shape index (κ2) is 8.01. The van der Waals surface area contributed by atoms with Gasteiger partial charge in [-0.25, -0.2) is 0 Å². The molecule has 8 heteroatoms. The molecule has 0 heterocycles. The van der Waals surface area contributed by atoms with Gasteiger partial charge < -0.3 is 4.74 Å². The van der Waals surface area contributed by atoms with Gasteiger partial charge in [0.15, 0.2) is 0 Å².